The second kappa shape index (κ2) is 6.75. The monoisotopic (exact) mass is 282 g/mol. The summed E-state index contributed by atoms with van der Waals surface area (Å²) in [5.74, 6) is -0.294. The molecule has 0 aliphatic rings. The summed E-state index contributed by atoms with van der Waals surface area (Å²) in [5.41, 5.74) is 2.61. The Balaban J connectivity index is 2.24. The Morgan fingerprint density at radius 2 is 1.81 bits per heavy atom. The van der Waals surface area contributed by atoms with Crippen molar-refractivity contribution in [2.45, 2.75) is 20.0 Å². The number of aromatic hydroxyl groups is 1. The second-order valence-corrected chi connectivity index (χ2v) is 4.96. The maximum Gasteiger partial charge on any atom is 0.331 e. The molecule has 2 aromatic rings. The van der Waals surface area contributed by atoms with Crippen LogP contribution in [0.25, 0.3) is 17.2 Å². The lowest BCUT2D eigenvalue weighted by molar-refractivity contribution is -0.141. The number of phenolic OH excluding ortho intramolecular Hbond substituents is 1. The Hall–Kier alpha value is -2.55. The molecule has 0 radical (unpaired) electrons. The Morgan fingerprint density at radius 3 is 2.48 bits per heavy atom. The van der Waals surface area contributed by atoms with Gasteiger partial charge in [0.1, 0.15) is 5.75 Å². The molecule has 2 rings (SSSR count). The SMILES string of the molecule is CC(C)OC(=O)C=Cc1cc(-c2ccccc2)ccc1O. The Labute approximate surface area is 124 Å². The molecular formula is C18H18O3. The first kappa shape index (κ1) is 14.9. The summed E-state index contributed by atoms with van der Waals surface area (Å²) < 4.78 is 5.02. The number of ether oxygens (including phenoxy) is 1. The number of phenols is 1. The quantitative estimate of drug-likeness (QED) is 0.680. The molecule has 0 amide bonds. The lowest BCUT2D eigenvalue weighted by Gasteiger charge is -2.06. The first-order valence-corrected chi connectivity index (χ1v) is 6.83. The highest BCUT2D eigenvalue weighted by atomic mass is 16.5. The summed E-state index contributed by atoms with van der Waals surface area (Å²) in [7, 11) is 0. The zero-order chi connectivity index (χ0) is 15.2. The van der Waals surface area contributed by atoms with Crippen molar-refractivity contribution in [2.75, 3.05) is 0 Å². The Kier molecular flexibility index (Phi) is 4.77. The number of esters is 1. The summed E-state index contributed by atoms with van der Waals surface area (Å²) in [6, 6.07) is 15.1. The summed E-state index contributed by atoms with van der Waals surface area (Å²) in [6.45, 7) is 3.58. The van der Waals surface area contributed by atoms with Crippen LogP contribution >= 0.6 is 0 Å². The fourth-order valence-corrected chi connectivity index (χ4v) is 1.93. The van der Waals surface area contributed by atoms with Gasteiger partial charge in [0, 0.05) is 11.6 Å². The van der Waals surface area contributed by atoms with Crippen LogP contribution in [-0.2, 0) is 9.53 Å². The van der Waals surface area contributed by atoms with Gasteiger partial charge < -0.3 is 9.84 Å². The van der Waals surface area contributed by atoms with Gasteiger partial charge in [-0.3, -0.25) is 0 Å². The van der Waals surface area contributed by atoms with E-state index < -0.39 is 5.97 Å². The number of rotatable bonds is 4. The second-order valence-electron chi connectivity index (χ2n) is 4.96. The van der Waals surface area contributed by atoms with Crippen LogP contribution in [0.15, 0.2) is 54.6 Å². The van der Waals surface area contributed by atoms with Gasteiger partial charge in [0.2, 0.25) is 0 Å². The average molecular weight is 282 g/mol. The van der Waals surface area contributed by atoms with Gasteiger partial charge in [-0.25, -0.2) is 4.79 Å². The first-order chi connectivity index (χ1) is 10.1. The third-order valence-electron chi connectivity index (χ3n) is 2.89. The predicted octanol–water partition coefficient (Wildman–Crippen LogP) is 4.02. The third kappa shape index (κ3) is 4.21. The highest BCUT2D eigenvalue weighted by Gasteiger charge is 2.04. The van der Waals surface area contributed by atoms with E-state index in [1.807, 2.05) is 42.5 Å². The van der Waals surface area contributed by atoms with Gasteiger partial charge in [0.25, 0.3) is 0 Å². The lowest BCUT2D eigenvalue weighted by Crippen LogP contribution is -2.08. The molecule has 3 nitrogen and oxygen atoms in total. The largest absolute Gasteiger partial charge is 0.507 e. The molecule has 0 spiro atoms. The molecule has 108 valence electrons. The molecule has 0 aliphatic heterocycles. The number of benzene rings is 2. The summed E-state index contributed by atoms with van der Waals surface area (Å²) in [4.78, 5) is 11.5. The van der Waals surface area contributed by atoms with Crippen molar-refractivity contribution < 1.29 is 14.6 Å². The van der Waals surface area contributed by atoms with Gasteiger partial charge >= 0.3 is 5.97 Å². The lowest BCUT2D eigenvalue weighted by atomic mass is 10.0. The van der Waals surface area contributed by atoms with Gasteiger partial charge in [-0.15, -0.1) is 0 Å². The summed E-state index contributed by atoms with van der Waals surface area (Å²) in [6.07, 6.45) is 2.72. The van der Waals surface area contributed by atoms with Crippen LogP contribution in [0.3, 0.4) is 0 Å². The smallest absolute Gasteiger partial charge is 0.331 e. The van der Waals surface area contributed by atoms with E-state index in [0.717, 1.165) is 11.1 Å². The summed E-state index contributed by atoms with van der Waals surface area (Å²) >= 11 is 0. The highest BCUT2D eigenvalue weighted by molar-refractivity contribution is 5.88. The van der Waals surface area contributed by atoms with E-state index in [0.29, 0.717) is 5.56 Å². The third-order valence-corrected chi connectivity index (χ3v) is 2.89. The van der Waals surface area contributed by atoms with Crippen molar-refractivity contribution in [1.82, 2.24) is 0 Å². The minimum Gasteiger partial charge on any atom is -0.507 e. The predicted molar refractivity (Wildman–Crippen MR) is 83.8 cm³/mol. The van der Waals surface area contributed by atoms with Crippen molar-refractivity contribution >= 4 is 12.0 Å². The minimum atomic E-state index is -0.422. The molecule has 0 saturated heterocycles. The van der Waals surface area contributed by atoms with Crippen LogP contribution in [0.2, 0.25) is 0 Å². The van der Waals surface area contributed by atoms with E-state index in [1.54, 1.807) is 26.0 Å². The average Bonchev–Trinajstić information content (AvgIpc) is 2.46. The fourth-order valence-electron chi connectivity index (χ4n) is 1.93. The highest BCUT2D eigenvalue weighted by Crippen LogP contribution is 2.26. The maximum absolute atomic E-state index is 11.5. The molecule has 0 aromatic heterocycles. The fraction of sp³-hybridized carbons (Fsp3) is 0.167. The molecule has 0 unspecified atom stereocenters. The van der Waals surface area contributed by atoms with Crippen molar-refractivity contribution in [3.8, 4) is 16.9 Å². The topological polar surface area (TPSA) is 46.5 Å². The number of hydrogen-bond donors (Lipinski definition) is 1. The maximum atomic E-state index is 11.5. The molecule has 1 N–H and O–H groups in total. The molecule has 0 heterocycles. The molecule has 0 fully saturated rings. The van der Waals surface area contributed by atoms with E-state index in [-0.39, 0.29) is 11.9 Å². The van der Waals surface area contributed by atoms with Crippen molar-refractivity contribution in [3.05, 3.63) is 60.2 Å². The zero-order valence-corrected chi connectivity index (χ0v) is 12.1. The molecular weight excluding hydrogens is 264 g/mol. The van der Waals surface area contributed by atoms with Crippen molar-refractivity contribution in [1.29, 1.82) is 0 Å². The van der Waals surface area contributed by atoms with E-state index in [9.17, 15) is 9.90 Å². The molecule has 21 heavy (non-hydrogen) atoms. The molecule has 0 aliphatic carbocycles. The minimum absolute atomic E-state index is 0.128. The number of hydrogen-bond acceptors (Lipinski definition) is 3. The van der Waals surface area contributed by atoms with E-state index in [4.69, 9.17) is 4.74 Å². The van der Waals surface area contributed by atoms with E-state index in [2.05, 4.69) is 0 Å². The van der Waals surface area contributed by atoms with Crippen molar-refractivity contribution in [3.63, 3.8) is 0 Å². The standard InChI is InChI=1S/C18H18O3/c1-13(2)21-18(20)11-9-16-12-15(8-10-17(16)19)14-6-4-3-5-7-14/h3-13,19H,1-2H3. The first-order valence-electron chi connectivity index (χ1n) is 6.83. The van der Waals surface area contributed by atoms with Gasteiger partial charge in [0.05, 0.1) is 6.10 Å². The Bertz CT molecular complexity index is 643. The van der Waals surface area contributed by atoms with Crippen LogP contribution in [-0.4, -0.2) is 17.2 Å². The van der Waals surface area contributed by atoms with Crippen LogP contribution in [0.5, 0.6) is 5.75 Å². The Morgan fingerprint density at radius 1 is 1.10 bits per heavy atom. The van der Waals surface area contributed by atoms with Crippen LogP contribution in [0.4, 0.5) is 0 Å². The molecule has 0 atom stereocenters. The summed E-state index contributed by atoms with van der Waals surface area (Å²) in [5, 5.41) is 9.87. The number of carbonyl (C=O) groups excluding carboxylic acids is 1. The van der Waals surface area contributed by atoms with E-state index >= 15 is 0 Å². The molecule has 0 bridgehead atoms. The van der Waals surface area contributed by atoms with Gasteiger partial charge in [0.15, 0.2) is 0 Å². The van der Waals surface area contributed by atoms with Crippen LogP contribution < -0.4 is 0 Å². The molecule has 3 heteroatoms. The van der Waals surface area contributed by atoms with Gasteiger partial charge in [-0.05, 0) is 43.2 Å². The number of carbonyl (C=O) groups is 1. The van der Waals surface area contributed by atoms with Crippen molar-refractivity contribution in [2.24, 2.45) is 0 Å². The van der Waals surface area contributed by atoms with Crippen LogP contribution in [0.1, 0.15) is 19.4 Å². The van der Waals surface area contributed by atoms with Gasteiger partial charge in [-0.1, -0.05) is 36.4 Å². The molecule has 0 saturated carbocycles. The van der Waals surface area contributed by atoms with Gasteiger partial charge in [-0.2, -0.15) is 0 Å². The van der Waals surface area contributed by atoms with E-state index in [1.165, 1.54) is 6.08 Å². The normalized spacial score (nSPS) is 11.0. The van der Waals surface area contributed by atoms with Crippen LogP contribution in [0, 0.1) is 0 Å². The zero-order valence-electron chi connectivity index (χ0n) is 12.1. The molecule has 2 aromatic carbocycles.